The first-order valence-electron chi connectivity index (χ1n) is 19.9. The van der Waals surface area contributed by atoms with Gasteiger partial charge in [-0.05, 0) is 19.3 Å². The fraction of sp³-hybridized carbons (Fsp3) is 1.00. The van der Waals surface area contributed by atoms with Gasteiger partial charge >= 0.3 is 0 Å². The van der Waals surface area contributed by atoms with Crippen LogP contribution in [0.3, 0.4) is 0 Å². The summed E-state index contributed by atoms with van der Waals surface area (Å²) in [5.41, 5.74) is 0. The largest absolute Gasteiger partial charge is 0.382 e. The fourth-order valence-electron chi connectivity index (χ4n) is 4.73. The van der Waals surface area contributed by atoms with E-state index in [-0.39, 0.29) is 6.10 Å². The predicted molar refractivity (Wildman–Crippen MR) is 207 cm³/mol. The van der Waals surface area contributed by atoms with Crippen LogP contribution in [0.1, 0.15) is 26.2 Å². The van der Waals surface area contributed by atoms with Crippen molar-refractivity contribution in [1.82, 2.24) is 9.80 Å². The number of hydrogen-bond acceptors (Lipinski definition) is 16. The van der Waals surface area contributed by atoms with Crippen molar-refractivity contribution in [1.29, 1.82) is 0 Å². The lowest BCUT2D eigenvalue weighted by atomic mass is 10.3. The van der Waals surface area contributed by atoms with Crippen molar-refractivity contribution in [3.63, 3.8) is 0 Å². The summed E-state index contributed by atoms with van der Waals surface area (Å²) < 4.78 is 77.4. The number of hydrogen-bond donors (Lipinski definition) is 0. The van der Waals surface area contributed by atoms with Crippen LogP contribution in [0.25, 0.3) is 0 Å². The lowest BCUT2D eigenvalue weighted by molar-refractivity contribution is -0.0248. The Bertz CT molecular complexity index is 652. The summed E-state index contributed by atoms with van der Waals surface area (Å²) in [4.78, 5) is 4.71. The summed E-state index contributed by atoms with van der Waals surface area (Å²) in [6.45, 7) is 20.8. The highest BCUT2D eigenvalue weighted by Crippen LogP contribution is 2.03. The maximum absolute atomic E-state index is 6.22. The number of methoxy groups -OCH3 is 4. The van der Waals surface area contributed by atoms with Crippen LogP contribution in [0.5, 0.6) is 0 Å². The predicted octanol–water partition coefficient (Wildman–Crippen LogP) is 1.90. The SMILES string of the molecule is CCC(COCCCN(CCOCCOCCOC)CCOCCOCCOC)OCCCN(CCOCCOCCOC)CCOCCOCCOC. The highest BCUT2D eigenvalue weighted by atomic mass is 16.6. The average Bonchev–Trinajstić information content (AvgIpc) is 3.18. The van der Waals surface area contributed by atoms with E-state index < -0.39 is 0 Å². The van der Waals surface area contributed by atoms with E-state index in [1.165, 1.54) is 0 Å². The molecule has 0 heterocycles. The summed E-state index contributed by atoms with van der Waals surface area (Å²) in [5.74, 6) is 0. The second kappa shape index (κ2) is 46.7. The van der Waals surface area contributed by atoms with Crippen molar-refractivity contribution in [3.8, 4) is 0 Å². The third-order valence-electron chi connectivity index (χ3n) is 7.92. The zero-order chi connectivity index (χ0) is 39.3. The Hall–Kier alpha value is -0.640. The van der Waals surface area contributed by atoms with Gasteiger partial charge in [0, 0.05) is 80.9 Å². The molecule has 326 valence electrons. The molecule has 0 N–H and O–H groups in total. The van der Waals surface area contributed by atoms with Gasteiger partial charge in [-0.3, -0.25) is 9.80 Å². The number of nitrogens with zero attached hydrogens (tertiary/aromatic N) is 2. The van der Waals surface area contributed by atoms with E-state index in [1.807, 2.05) is 0 Å². The molecule has 16 nitrogen and oxygen atoms in total. The second-order valence-corrected chi connectivity index (χ2v) is 12.2. The van der Waals surface area contributed by atoms with Crippen LogP contribution in [0, 0.1) is 0 Å². The molecular weight excluding hydrogens is 708 g/mol. The van der Waals surface area contributed by atoms with Crippen molar-refractivity contribution in [2.24, 2.45) is 0 Å². The van der Waals surface area contributed by atoms with Crippen LogP contribution in [0.15, 0.2) is 0 Å². The molecule has 0 fully saturated rings. The van der Waals surface area contributed by atoms with Gasteiger partial charge < -0.3 is 66.3 Å². The van der Waals surface area contributed by atoms with E-state index in [1.54, 1.807) is 28.4 Å². The van der Waals surface area contributed by atoms with Gasteiger partial charge in [-0.25, -0.2) is 0 Å². The summed E-state index contributed by atoms with van der Waals surface area (Å²) >= 11 is 0. The molecule has 1 unspecified atom stereocenters. The van der Waals surface area contributed by atoms with Crippen LogP contribution < -0.4 is 0 Å². The Morgan fingerprint density at radius 1 is 0.315 bits per heavy atom. The molecule has 0 aromatic carbocycles. The summed E-state index contributed by atoms with van der Waals surface area (Å²) in [6, 6.07) is 0. The standard InChI is InChI=1S/C38H80N2O14/c1-6-38(54-16-8-10-40(13-19-47-31-35-51-27-23-43-4)14-20-48-32-36-52-28-24-44-5)37-53-15-7-9-39(11-17-45-29-33-49-25-21-41-2)12-18-46-30-34-50-26-22-42-3/h38H,6-37H2,1-5H3. The molecule has 54 heavy (non-hydrogen) atoms. The van der Waals surface area contributed by atoms with Gasteiger partial charge in [0.25, 0.3) is 0 Å². The number of ether oxygens (including phenoxy) is 14. The molecule has 0 amide bonds. The quantitative estimate of drug-likeness (QED) is 0.0831. The van der Waals surface area contributed by atoms with Gasteiger partial charge in [-0.2, -0.15) is 0 Å². The molecule has 0 rings (SSSR count). The zero-order valence-electron chi connectivity index (χ0n) is 34.8. The van der Waals surface area contributed by atoms with Gasteiger partial charge in [-0.1, -0.05) is 6.92 Å². The van der Waals surface area contributed by atoms with E-state index in [0.717, 1.165) is 58.5 Å². The van der Waals surface area contributed by atoms with E-state index in [0.29, 0.717) is 152 Å². The summed E-state index contributed by atoms with van der Waals surface area (Å²) in [5, 5.41) is 0. The molecular formula is C38H80N2O14. The molecule has 0 aliphatic rings. The van der Waals surface area contributed by atoms with Crippen molar-refractivity contribution in [2.45, 2.75) is 32.3 Å². The second-order valence-electron chi connectivity index (χ2n) is 12.2. The molecule has 0 bridgehead atoms. The maximum Gasteiger partial charge on any atom is 0.0805 e. The Morgan fingerprint density at radius 2 is 0.611 bits per heavy atom. The van der Waals surface area contributed by atoms with Crippen molar-refractivity contribution >= 4 is 0 Å². The zero-order valence-corrected chi connectivity index (χ0v) is 34.8. The lowest BCUT2D eigenvalue weighted by Gasteiger charge is -2.23. The Morgan fingerprint density at radius 3 is 0.926 bits per heavy atom. The normalized spacial score (nSPS) is 12.5. The lowest BCUT2D eigenvalue weighted by Crippen LogP contribution is -2.33. The Labute approximate surface area is 327 Å². The van der Waals surface area contributed by atoms with Crippen LogP contribution in [-0.4, -0.2) is 236 Å². The summed E-state index contributed by atoms with van der Waals surface area (Å²) in [7, 11) is 6.66. The topological polar surface area (TPSA) is 136 Å². The van der Waals surface area contributed by atoms with Crippen LogP contribution in [0.2, 0.25) is 0 Å². The van der Waals surface area contributed by atoms with Gasteiger partial charge in [0.1, 0.15) is 0 Å². The molecule has 16 heteroatoms. The van der Waals surface area contributed by atoms with E-state index in [2.05, 4.69) is 16.7 Å². The first-order valence-corrected chi connectivity index (χ1v) is 19.9. The molecule has 0 saturated carbocycles. The smallest absolute Gasteiger partial charge is 0.0805 e. The minimum absolute atomic E-state index is 0.0662. The fourth-order valence-corrected chi connectivity index (χ4v) is 4.73. The molecule has 0 aromatic heterocycles. The first kappa shape index (κ1) is 53.4. The van der Waals surface area contributed by atoms with Crippen molar-refractivity contribution in [3.05, 3.63) is 0 Å². The average molecular weight is 789 g/mol. The van der Waals surface area contributed by atoms with Gasteiger partial charge in [0.15, 0.2) is 0 Å². The van der Waals surface area contributed by atoms with Crippen molar-refractivity contribution in [2.75, 3.05) is 220 Å². The Balaban J connectivity index is 4.42. The summed E-state index contributed by atoms with van der Waals surface area (Å²) in [6.07, 6.45) is 2.79. The molecule has 0 aliphatic carbocycles. The third kappa shape index (κ3) is 41.0. The molecule has 1 atom stereocenters. The molecule has 0 spiro atoms. The van der Waals surface area contributed by atoms with Crippen molar-refractivity contribution < 1.29 is 66.3 Å². The van der Waals surface area contributed by atoms with E-state index in [9.17, 15) is 0 Å². The highest BCUT2D eigenvalue weighted by Gasteiger charge is 2.11. The van der Waals surface area contributed by atoms with Crippen LogP contribution in [-0.2, 0) is 66.3 Å². The minimum Gasteiger partial charge on any atom is -0.382 e. The first-order chi connectivity index (χ1) is 26.7. The monoisotopic (exact) mass is 789 g/mol. The van der Waals surface area contributed by atoms with Crippen LogP contribution >= 0.6 is 0 Å². The Kier molecular flexibility index (Phi) is 46.2. The van der Waals surface area contributed by atoms with Gasteiger partial charge in [0.05, 0.1) is 145 Å². The van der Waals surface area contributed by atoms with E-state index >= 15 is 0 Å². The molecule has 0 radical (unpaired) electrons. The molecule has 0 saturated heterocycles. The van der Waals surface area contributed by atoms with Crippen LogP contribution in [0.4, 0.5) is 0 Å². The highest BCUT2D eigenvalue weighted by molar-refractivity contribution is 4.61. The third-order valence-corrected chi connectivity index (χ3v) is 7.92. The minimum atomic E-state index is 0.0662. The molecule has 0 aromatic rings. The maximum atomic E-state index is 6.22. The number of rotatable bonds is 48. The molecule has 0 aliphatic heterocycles. The van der Waals surface area contributed by atoms with Gasteiger partial charge in [-0.15, -0.1) is 0 Å². The van der Waals surface area contributed by atoms with E-state index in [4.69, 9.17) is 66.3 Å². The van der Waals surface area contributed by atoms with Gasteiger partial charge in [0.2, 0.25) is 0 Å².